The number of hydrogen-bond acceptors (Lipinski definition) is 0. The standard InChI is InChI=1S/C64H47N3/c1-63(2,3)39-25-27-55-46(31-39)50-32-40(64(4,5)6)33-51-48-35-57-47(34-56(48)66(55)60(50)51)49-28-36-16-11-13-21-43(36)59-52-29-37-17-10-12-20-42(37)58(62(52)67(57)61(49)59)38-24-26-54-45(30-38)44-22-14-15-23-53(44)65(54)41-18-8-7-9-19-41/h7-35H,1-6H3. The zero-order valence-corrected chi connectivity index (χ0v) is 38.6. The summed E-state index contributed by atoms with van der Waals surface area (Å²) in [4.78, 5) is 0. The third-order valence-corrected chi connectivity index (χ3v) is 15.5. The molecule has 0 unspecified atom stereocenters. The lowest BCUT2D eigenvalue weighted by molar-refractivity contribution is 0.590. The molecule has 5 aromatic heterocycles. The van der Waals surface area contributed by atoms with E-state index in [4.69, 9.17) is 0 Å². The number of benzene rings is 10. The van der Waals surface area contributed by atoms with Gasteiger partial charge >= 0.3 is 0 Å². The van der Waals surface area contributed by atoms with Crippen LogP contribution in [0.5, 0.6) is 0 Å². The average Bonchev–Trinajstić information content (AvgIpc) is 4.12. The van der Waals surface area contributed by atoms with Crippen molar-refractivity contribution in [3.63, 3.8) is 0 Å². The third-order valence-electron chi connectivity index (χ3n) is 15.5. The van der Waals surface area contributed by atoms with Crippen molar-refractivity contribution in [3.8, 4) is 16.8 Å². The van der Waals surface area contributed by atoms with Crippen molar-refractivity contribution in [2.75, 3.05) is 0 Å². The fourth-order valence-corrected chi connectivity index (χ4v) is 12.3. The molecule has 5 heterocycles. The Kier molecular flexibility index (Phi) is 6.97. The molecule has 0 aliphatic rings. The number of aromatic nitrogens is 3. The van der Waals surface area contributed by atoms with Gasteiger partial charge in [0.15, 0.2) is 0 Å². The fourth-order valence-electron chi connectivity index (χ4n) is 12.3. The summed E-state index contributed by atoms with van der Waals surface area (Å²) in [6.07, 6.45) is 0. The van der Waals surface area contributed by atoms with Crippen LogP contribution in [0.15, 0.2) is 176 Å². The predicted molar refractivity (Wildman–Crippen MR) is 288 cm³/mol. The lowest BCUT2D eigenvalue weighted by Gasteiger charge is -2.20. The van der Waals surface area contributed by atoms with Gasteiger partial charge in [-0.05, 0) is 128 Å². The Labute approximate surface area is 387 Å². The van der Waals surface area contributed by atoms with Gasteiger partial charge in [-0.1, -0.05) is 139 Å². The van der Waals surface area contributed by atoms with E-state index in [1.54, 1.807) is 0 Å². The summed E-state index contributed by atoms with van der Waals surface area (Å²) in [5.41, 5.74) is 16.5. The summed E-state index contributed by atoms with van der Waals surface area (Å²) in [5.74, 6) is 0. The molecule has 0 saturated heterocycles. The lowest BCUT2D eigenvalue weighted by Crippen LogP contribution is -2.11. The van der Waals surface area contributed by atoms with E-state index in [9.17, 15) is 0 Å². The second kappa shape index (κ2) is 12.5. The number of para-hydroxylation sites is 2. The molecule has 10 aromatic carbocycles. The normalized spacial score (nSPS) is 13.2. The molecule has 3 nitrogen and oxygen atoms in total. The van der Waals surface area contributed by atoms with E-state index in [1.807, 2.05) is 0 Å². The molecule has 0 bridgehead atoms. The van der Waals surface area contributed by atoms with Crippen molar-refractivity contribution in [2.24, 2.45) is 0 Å². The first-order chi connectivity index (χ1) is 32.5. The van der Waals surface area contributed by atoms with Crippen molar-refractivity contribution < 1.29 is 0 Å². The number of nitrogens with zero attached hydrogens (tertiary/aromatic N) is 3. The molecule has 0 spiro atoms. The third kappa shape index (κ3) is 4.81. The van der Waals surface area contributed by atoms with Gasteiger partial charge in [0.05, 0.1) is 44.1 Å². The number of hydrogen-bond donors (Lipinski definition) is 0. The van der Waals surface area contributed by atoms with Gasteiger partial charge in [0.25, 0.3) is 0 Å². The lowest BCUT2D eigenvalue weighted by atomic mass is 9.84. The van der Waals surface area contributed by atoms with Crippen LogP contribution in [0.3, 0.4) is 0 Å². The Bertz CT molecular complexity index is 4620. The summed E-state index contributed by atoms with van der Waals surface area (Å²) in [5, 5.41) is 18.1. The van der Waals surface area contributed by atoms with Crippen molar-refractivity contribution in [3.05, 3.63) is 187 Å². The van der Waals surface area contributed by atoms with Crippen LogP contribution in [0.2, 0.25) is 0 Å². The highest BCUT2D eigenvalue weighted by atomic mass is 15.0. The molecule has 0 saturated carbocycles. The number of rotatable bonds is 2. The fraction of sp³-hybridized carbons (Fsp3) is 0.125. The SMILES string of the molecule is CC(C)(C)c1ccc2c(c1)c1cc(C(C)(C)C)cc3c4cc5c(cc4n2c13)c1cc2ccccc2c2c3cc4ccccc4c(-c4ccc6c(c4)c4ccccc4n6-c4ccccc4)c3n5c12. The quantitative estimate of drug-likeness (QED) is 0.164. The van der Waals surface area contributed by atoms with Gasteiger partial charge in [0, 0.05) is 65.1 Å². The van der Waals surface area contributed by atoms with Gasteiger partial charge in [0.1, 0.15) is 0 Å². The minimum Gasteiger partial charge on any atom is -0.309 e. The van der Waals surface area contributed by atoms with E-state index in [0.29, 0.717) is 0 Å². The minimum atomic E-state index is -0.0240. The first kappa shape index (κ1) is 37.4. The summed E-state index contributed by atoms with van der Waals surface area (Å²) in [7, 11) is 0. The Morgan fingerprint density at radius 2 is 0.851 bits per heavy atom. The van der Waals surface area contributed by atoms with Gasteiger partial charge < -0.3 is 13.4 Å². The maximum Gasteiger partial charge on any atom is 0.0627 e. The molecule has 0 radical (unpaired) electrons. The van der Waals surface area contributed by atoms with Gasteiger partial charge in [0.2, 0.25) is 0 Å². The molecule has 15 rings (SSSR count). The second-order valence-electron chi connectivity index (χ2n) is 21.4. The Hall–Kier alpha value is -7.88. The van der Waals surface area contributed by atoms with Crippen LogP contribution in [0.1, 0.15) is 52.7 Å². The zero-order valence-electron chi connectivity index (χ0n) is 38.6. The second-order valence-corrected chi connectivity index (χ2v) is 21.4. The Morgan fingerprint density at radius 1 is 0.313 bits per heavy atom. The highest BCUT2D eigenvalue weighted by Crippen LogP contribution is 2.51. The minimum absolute atomic E-state index is 0.0240. The van der Waals surface area contributed by atoms with Gasteiger partial charge in [-0.25, -0.2) is 0 Å². The smallest absolute Gasteiger partial charge is 0.0627 e. The molecule has 0 fully saturated rings. The molecule has 15 aromatic rings. The van der Waals surface area contributed by atoms with Crippen molar-refractivity contribution >= 4 is 120 Å². The van der Waals surface area contributed by atoms with Gasteiger partial charge in [-0.3, -0.25) is 0 Å². The molecule has 3 heteroatoms. The number of fused-ring (bicyclic) bond motifs is 18. The first-order valence-corrected chi connectivity index (χ1v) is 23.8. The summed E-state index contributed by atoms with van der Waals surface area (Å²) in [6, 6.07) is 67.2. The summed E-state index contributed by atoms with van der Waals surface area (Å²) in [6.45, 7) is 14.0. The molecule has 0 N–H and O–H groups in total. The molecular weight excluding hydrogens is 811 g/mol. The van der Waals surface area contributed by atoms with E-state index in [0.717, 1.165) is 0 Å². The van der Waals surface area contributed by atoms with E-state index in [2.05, 4.69) is 231 Å². The zero-order chi connectivity index (χ0) is 44.8. The molecule has 0 amide bonds. The average molecular weight is 858 g/mol. The molecule has 67 heavy (non-hydrogen) atoms. The molecule has 0 aliphatic carbocycles. The van der Waals surface area contributed by atoms with Crippen molar-refractivity contribution in [1.29, 1.82) is 0 Å². The first-order valence-electron chi connectivity index (χ1n) is 23.8. The highest BCUT2D eigenvalue weighted by molar-refractivity contribution is 6.36. The molecule has 0 atom stereocenters. The maximum absolute atomic E-state index is 2.66. The Morgan fingerprint density at radius 3 is 1.58 bits per heavy atom. The van der Waals surface area contributed by atoms with E-state index < -0.39 is 0 Å². The van der Waals surface area contributed by atoms with E-state index in [1.165, 1.54) is 147 Å². The van der Waals surface area contributed by atoms with E-state index in [-0.39, 0.29) is 10.8 Å². The molecular formula is C64H47N3. The van der Waals surface area contributed by atoms with Crippen LogP contribution in [-0.2, 0) is 10.8 Å². The monoisotopic (exact) mass is 857 g/mol. The van der Waals surface area contributed by atoms with Crippen molar-refractivity contribution in [1.82, 2.24) is 13.4 Å². The summed E-state index contributed by atoms with van der Waals surface area (Å²) < 4.78 is 7.66. The van der Waals surface area contributed by atoms with Crippen LogP contribution >= 0.6 is 0 Å². The topological polar surface area (TPSA) is 13.8 Å². The van der Waals surface area contributed by atoms with Crippen LogP contribution in [0.25, 0.3) is 136 Å². The van der Waals surface area contributed by atoms with Crippen LogP contribution in [0.4, 0.5) is 0 Å². The van der Waals surface area contributed by atoms with Gasteiger partial charge in [-0.2, -0.15) is 0 Å². The van der Waals surface area contributed by atoms with Crippen LogP contribution in [0, 0.1) is 0 Å². The van der Waals surface area contributed by atoms with Gasteiger partial charge in [-0.15, -0.1) is 0 Å². The van der Waals surface area contributed by atoms with Crippen molar-refractivity contribution in [2.45, 2.75) is 52.4 Å². The highest BCUT2D eigenvalue weighted by Gasteiger charge is 2.28. The Balaban J connectivity index is 1.13. The summed E-state index contributed by atoms with van der Waals surface area (Å²) >= 11 is 0. The van der Waals surface area contributed by atoms with Crippen LogP contribution in [-0.4, -0.2) is 13.4 Å². The maximum atomic E-state index is 2.66. The molecule has 318 valence electrons. The predicted octanol–water partition coefficient (Wildman–Crippen LogP) is 17.7. The van der Waals surface area contributed by atoms with Crippen LogP contribution < -0.4 is 0 Å². The largest absolute Gasteiger partial charge is 0.309 e. The molecule has 0 aliphatic heterocycles. The van der Waals surface area contributed by atoms with E-state index >= 15 is 0 Å².